The Labute approximate surface area is 103 Å². The summed E-state index contributed by atoms with van der Waals surface area (Å²) in [5.74, 6) is 1.31. The zero-order chi connectivity index (χ0) is 12.1. The molecule has 0 saturated carbocycles. The van der Waals surface area contributed by atoms with Gasteiger partial charge in [-0.15, -0.1) is 0 Å². The average Bonchev–Trinajstić information content (AvgIpc) is 2.39. The highest BCUT2D eigenvalue weighted by Crippen LogP contribution is 2.35. The van der Waals surface area contributed by atoms with E-state index < -0.39 is 0 Å². The molecule has 1 nitrogen and oxygen atoms in total. The Hall–Kier alpha value is -1.76. The van der Waals surface area contributed by atoms with Crippen molar-refractivity contribution in [3.05, 3.63) is 72.0 Å². The molecule has 1 aliphatic rings. The summed E-state index contributed by atoms with van der Waals surface area (Å²) < 4.78 is 5.65. The molecular weight excluding hydrogens is 208 g/mol. The van der Waals surface area contributed by atoms with Crippen molar-refractivity contribution in [3.63, 3.8) is 0 Å². The highest BCUT2D eigenvalue weighted by atomic mass is 16.5. The Morgan fingerprint density at radius 2 is 2.06 bits per heavy atom. The van der Waals surface area contributed by atoms with Crippen molar-refractivity contribution < 1.29 is 4.74 Å². The minimum atomic E-state index is 0.390. The summed E-state index contributed by atoms with van der Waals surface area (Å²) in [7, 11) is 0. The van der Waals surface area contributed by atoms with Crippen LogP contribution in [0.3, 0.4) is 0 Å². The van der Waals surface area contributed by atoms with Gasteiger partial charge in [-0.25, -0.2) is 0 Å². The number of ether oxygens (including phenoxy) is 1. The maximum Gasteiger partial charge on any atom is 0.122 e. The lowest BCUT2D eigenvalue weighted by molar-refractivity contribution is 0.185. The van der Waals surface area contributed by atoms with E-state index >= 15 is 0 Å². The van der Waals surface area contributed by atoms with Crippen LogP contribution in [0, 0.1) is 0 Å². The zero-order valence-corrected chi connectivity index (χ0v) is 10.2. The van der Waals surface area contributed by atoms with Crippen molar-refractivity contribution >= 4 is 0 Å². The Bertz CT molecular complexity index is 440. The topological polar surface area (TPSA) is 9.23 Å². The molecule has 1 unspecified atom stereocenters. The molecule has 1 fully saturated rings. The highest BCUT2D eigenvalue weighted by molar-refractivity contribution is 5.39. The second kappa shape index (κ2) is 5.53. The van der Waals surface area contributed by atoms with E-state index in [0.29, 0.717) is 5.92 Å². The second-order valence-electron chi connectivity index (χ2n) is 4.18. The number of benzene rings is 1. The quantitative estimate of drug-likeness (QED) is 0.734. The summed E-state index contributed by atoms with van der Waals surface area (Å²) >= 11 is 0. The van der Waals surface area contributed by atoms with Gasteiger partial charge in [-0.3, -0.25) is 0 Å². The van der Waals surface area contributed by atoms with E-state index in [0.717, 1.165) is 24.4 Å². The predicted octanol–water partition coefficient (Wildman–Crippen LogP) is 4.21. The molecule has 1 atom stereocenters. The van der Waals surface area contributed by atoms with E-state index in [-0.39, 0.29) is 0 Å². The largest absolute Gasteiger partial charge is 0.493 e. The first kappa shape index (κ1) is 11.7. The van der Waals surface area contributed by atoms with Crippen molar-refractivity contribution in [1.29, 1.82) is 0 Å². The molecule has 2 rings (SSSR count). The van der Waals surface area contributed by atoms with Gasteiger partial charge >= 0.3 is 0 Å². The van der Waals surface area contributed by atoms with Gasteiger partial charge in [-0.1, -0.05) is 49.1 Å². The number of hydrogen-bond donors (Lipinski definition) is 0. The van der Waals surface area contributed by atoms with Crippen LogP contribution in [0.25, 0.3) is 0 Å². The molecular formula is C16H18O. The maximum absolute atomic E-state index is 5.65. The smallest absolute Gasteiger partial charge is 0.122 e. The SMILES string of the molecule is C=C1C(=CC=CC)OCCC1c1ccccc1. The van der Waals surface area contributed by atoms with Gasteiger partial charge in [0.1, 0.15) is 5.76 Å². The fourth-order valence-electron chi connectivity index (χ4n) is 2.12. The first-order valence-corrected chi connectivity index (χ1v) is 6.03. The van der Waals surface area contributed by atoms with Crippen LogP contribution < -0.4 is 0 Å². The molecule has 17 heavy (non-hydrogen) atoms. The third kappa shape index (κ3) is 2.68. The maximum atomic E-state index is 5.65. The van der Waals surface area contributed by atoms with Crippen LogP contribution >= 0.6 is 0 Å². The Morgan fingerprint density at radius 3 is 2.76 bits per heavy atom. The van der Waals surface area contributed by atoms with Gasteiger partial charge in [0.05, 0.1) is 6.61 Å². The fourth-order valence-corrected chi connectivity index (χ4v) is 2.12. The van der Waals surface area contributed by atoms with E-state index in [9.17, 15) is 0 Å². The minimum Gasteiger partial charge on any atom is -0.493 e. The lowest BCUT2D eigenvalue weighted by Crippen LogP contribution is -2.15. The normalized spacial score (nSPS) is 23.0. The summed E-state index contributed by atoms with van der Waals surface area (Å²) in [4.78, 5) is 0. The Kier molecular flexibility index (Phi) is 3.81. The summed E-state index contributed by atoms with van der Waals surface area (Å²) in [6, 6.07) is 10.5. The van der Waals surface area contributed by atoms with Crippen LogP contribution in [0.15, 0.2) is 66.5 Å². The highest BCUT2D eigenvalue weighted by Gasteiger charge is 2.23. The van der Waals surface area contributed by atoms with Gasteiger partial charge in [0, 0.05) is 5.92 Å². The van der Waals surface area contributed by atoms with Crippen molar-refractivity contribution in [2.75, 3.05) is 6.61 Å². The van der Waals surface area contributed by atoms with Gasteiger partial charge in [0.15, 0.2) is 0 Å². The van der Waals surface area contributed by atoms with Crippen molar-refractivity contribution in [2.24, 2.45) is 0 Å². The molecule has 1 saturated heterocycles. The standard InChI is InChI=1S/C16H18O/c1-3-4-10-16-13(2)15(11-12-17-16)14-8-6-5-7-9-14/h3-10,15H,2,11-12H2,1H3. The molecule has 0 aliphatic carbocycles. The average molecular weight is 226 g/mol. The monoisotopic (exact) mass is 226 g/mol. The van der Waals surface area contributed by atoms with Crippen molar-refractivity contribution in [3.8, 4) is 0 Å². The van der Waals surface area contributed by atoms with E-state index in [1.165, 1.54) is 5.56 Å². The first-order valence-electron chi connectivity index (χ1n) is 6.03. The van der Waals surface area contributed by atoms with E-state index in [1.807, 2.05) is 31.2 Å². The predicted molar refractivity (Wildman–Crippen MR) is 71.8 cm³/mol. The molecule has 88 valence electrons. The van der Waals surface area contributed by atoms with E-state index in [1.54, 1.807) is 0 Å². The van der Waals surface area contributed by atoms with Gasteiger partial charge in [0.2, 0.25) is 0 Å². The number of rotatable bonds is 2. The Morgan fingerprint density at radius 1 is 1.29 bits per heavy atom. The summed E-state index contributed by atoms with van der Waals surface area (Å²) in [6.45, 7) is 6.94. The summed E-state index contributed by atoms with van der Waals surface area (Å²) in [5, 5.41) is 0. The van der Waals surface area contributed by atoms with Crippen LogP contribution in [0.4, 0.5) is 0 Å². The molecule has 0 spiro atoms. The first-order chi connectivity index (χ1) is 8.33. The fraction of sp³-hybridized carbons (Fsp3) is 0.250. The third-order valence-corrected chi connectivity index (χ3v) is 3.04. The van der Waals surface area contributed by atoms with Gasteiger partial charge in [-0.2, -0.15) is 0 Å². The second-order valence-corrected chi connectivity index (χ2v) is 4.18. The minimum absolute atomic E-state index is 0.390. The van der Waals surface area contributed by atoms with Crippen LogP contribution in [-0.4, -0.2) is 6.61 Å². The molecule has 1 heteroatoms. The molecule has 1 heterocycles. The van der Waals surface area contributed by atoms with E-state index in [2.05, 4.69) is 30.8 Å². The molecule has 1 aromatic carbocycles. The van der Waals surface area contributed by atoms with Crippen LogP contribution in [0.2, 0.25) is 0 Å². The number of allylic oxidation sites excluding steroid dienone is 4. The molecule has 1 aromatic rings. The lowest BCUT2D eigenvalue weighted by Gasteiger charge is -2.27. The molecule has 1 aliphatic heterocycles. The van der Waals surface area contributed by atoms with Gasteiger partial charge in [0.25, 0.3) is 0 Å². The third-order valence-electron chi connectivity index (χ3n) is 3.04. The molecule has 0 bridgehead atoms. The number of hydrogen-bond acceptors (Lipinski definition) is 1. The zero-order valence-electron chi connectivity index (χ0n) is 10.2. The molecule has 0 amide bonds. The van der Waals surface area contributed by atoms with Crippen molar-refractivity contribution in [1.82, 2.24) is 0 Å². The summed E-state index contributed by atoms with van der Waals surface area (Å²) in [5.41, 5.74) is 2.41. The van der Waals surface area contributed by atoms with Crippen LogP contribution in [0.1, 0.15) is 24.8 Å². The molecule has 0 radical (unpaired) electrons. The summed E-state index contributed by atoms with van der Waals surface area (Å²) in [6.07, 6.45) is 7.00. The lowest BCUT2D eigenvalue weighted by atomic mass is 9.86. The molecule has 0 aromatic heterocycles. The van der Waals surface area contributed by atoms with Crippen LogP contribution in [0.5, 0.6) is 0 Å². The Balaban J connectivity index is 2.23. The van der Waals surface area contributed by atoms with Gasteiger partial charge in [-0.05, 0) is 30.6 Å². The van der Waals surface area contributed by atoms with Crippen molar-refractivity contribution in [2.45, 2.75) is 19.3 Å². The molecule has 0 N–H and O–H groups in total. The van der Waals surface area contributed by atoms with E-state index in [4.69, 9.17) is 4.74 Å². The van der Waals surface area contributed by atoms with Crippen LogP contribution in [-0.2, 0) is 4.74 Å². The van der Waals surface area contributed by atoms with Gasteiger partial charge < -0.3 is 4.74 Å².